The zero-order chi connectivity index (χ0) is 44.2. The highest BCUT2D eigenvalue weighted by atomic mass is 16.6. The molecule has 0 aromatic rings. The van der Waals surface area contributed by atoms with E-state index in [-0.39, 0.29) is 36.2 Å². The lowest BCUT2D eigenvalue weighted by molar-refractivity contribution is -0.887. The molecule has 60 heavy (non-hydrogen) atoms. The van der Waals surface area contributed by atoms with Crippen LogP contribution in [0.2, 0.25) is 0 Å². The normalized spacial score (nSPS) is 13.8. The van der Waals surface area contributed by atoms with Gasteiger partial charge in [-0.25, -0.2) is 4.79 Å². The van der Waals surface area contributed by atoms with Gasteiger partial charge in [0.15, 0.2) is 12.1 Å². The SMILES string of the molecule is CC/C=C/C=C/C=C/C=C/CCCCCC(=O)OCC(COCCC(C(=O)O)[N+](C)(C)C)OC(=O)CCCCCCCCCCCC/C=C/C/C=C/C/C=C/C/C=C/CC. The maximum atomic E-state index is 12.8. The Morgan fingerprint density at radius 3 is 1.52 bits per heavy atom. The van der Waals surface area contributed by atoms with Crippen molar-refractivity contribution in [3.8, 4) is 0 Å². The molecule has 0 aromatic carbocycles. The minimum atomic E-state index is -0.886. The van der Waals surface area contributed by atoms with E-state index in [9.17, 15) is 19.5 Å². The molecule has 1 N–H and O–H groups in total. The molecule has 0 amide bonds. The van der Waals surface area contributed by atoms with Crippen LogP contribution in [0.5, 0.6) is 0 Å². The van der Waals surface area contributed by atoms with Crippen molar-refractivity contribution in [2.24, 2.45) is 0 Å². The average molecular weight is 837 g/mol. The first-order valence-corrected chi connectivity index (χ1v) is 23.3. The summed E-state index contributed by atoms with van der Waals surface area (Å²) < 4.78 is 17.2. The number of carboxylic acids is 1. The lowest BCUT2D eigenvalue weighted by atomic mass is 10.0. The number of nitrogens with zero attached hydrogens (tertiary/aromatic N) is 1. The van der Waals surface area contributed by atoms with Gasteiger partial charge in [-0.05, 0) is 70.6 Å². The number of carbonyl (C=O) groups excluding carboxylic acids is 2. The minimum absolute atomic E-state index is 0.0406. The number of hydrogen-bond acceptors (Lipinski definition) is 6. The first-order chi connectivity index (χ1) is 29.1. The molecule has 0 aromatic heterocycles. The summed E-state index contributed by atoms with van der Waals surface area (Å²) in [4.78, 5) is 37.0. The molecule has 0 rings (SSSR count). The minimum Gasteiger partial charge on any atom is -0.477 e. The number of likely N-dealkylation sites (N-methyl/N-ethyl adjacent to an activating group) is 1. The Bertz CT molecular complexity index is 1300. The Kier molecular flexibility index (Phi) is 39.3. The number of hydrogen-bond donors (Lipinski definition) is 1. The molecule has 340 valence electrons. The number of aliphatic carboxylic acids is 1. The predicted octanol–water partition coefficient (Wildman–Crippen LogP) is 13.1. The second kappa shape index (κ2) is 42.0. The van der Waals surface area contributed by atoms with Gasteiger partial charge >= 0.3 is 17.9 Å². The molecule has 0 heterocycles. The molecule has 0 saturated heterocycles. The van der Waals surface area contributed by atoms with Crippen LogP contribution in [0.4, 0.5) is 0 Å². The van der Waals surface area contributed by atoms with E-state index in [1.807, 2.05) is 57.6 Å². The van der Waals surface area contributed by atoms with Crippen LogP contribution in [0.15, 0.2) is 97.2 Å². The Hall–Kier alpha value is -3.75. The number of esters is 2. The average Bonchev–Trinajstić information content (AvgIpc) is 3.21. The number of carboxylic acid groups (broad SMARTS) is 1. The molecule has 0 spiro atoms. The third kappa shape index (κ3) is 39.7. The number of quaternary nitrogens is 1. The smallest absolute Gasteiger partial charge is 0.362 e. The lowest BCUT2D eigenvalue weighted by Gasteiger charge is -2.31. The van der Waals surface area contributed by atoms with E-state index in [1.54, 1.807) is 0 Å². The molecule has 0 aliphatic heterocycles. The second-order valence-corrected chi connectivity index (χ2v) is 16.3. The molecule has 0 aliphatic rings. The zero-order valence-corrected chi connectivity index (χ0v) is 38.6. The second-order valence-electron chi connectivity index (χ2n) is 16.3. The standard InChI is InChI=1S/C52H85NO7/c1-6-8-10-12-14-16-18-20-21-22-23-24-25-26-27-28-29-31-33-35-37-39-41-43-51(55)60-48(46-58-45-44-49(52(56)57)53(3,4)5)47-59-50(54)42-40-38-36-34-32-30-19-17-15-13-11-9-7-2/h8-11,13-17,19-21,23-24,30,32,48-49H,6-7,12,18,22,25-29,31,33-47H2,1-5H3/p+1/b10-8+,11-9+,15-13+,16-14+,19-17+,21-20+,24-23+,32-30+. The van der Waals surface area contributed by atoms with Gasteiger partial charge < -0.3 is 23.8 Å². The number of ether oxygens (including phenoxy) is 3. The van der Waals surface area contributed by atoms with Gasteiger partial charge in [0.2, 0.25) is 0 Å². The largest absolute Gasteiger partial charge is 0.477 e. The summed E-state index contributed by atoms with van der Waals surface area (Å²) >= 11 is 0. The van der Waals surface area contributed by atoms with Crippen molar-refractivity contribution in [2.45, 2.75) is 174 Å². The zero-order valence-electron chi connectivity index (χ0n) is 38.6. The van der Waals surface area contributed by atoms with Gasteiger partial charge in [0.05, 0.1) is 34.4 Å². The number of carbonyl (C=O) groups is 3. The topological polar surface area (TPSA) is 99.1 Å². The third-order valence-corrected chi connectivity index (χ3v) is 9.82. The molecule has 2 atom stereocenters. The summed E-state index contributed by atoms with van der Waals surface area (Å²) in [5.41, 5.74) is 0. The molecular weight excluding hydrogens is 751 g/mol. The molecule has 0 aliphatic carbocycles. The van der Waals surface area contributed by atoms with Crippen LogP contribution in [0.3, 0.4) is 0 Å². The maximum Gasteiger partial charge on any atom is 0.362 e. The van der Waals surface area contributed by atoms with Crippen LogP contribution in [-0.4, -0.2) is 80.6 Å². The van der Waals surface area contributed by atoms with Crippen LogP contribution in [0.1, 0.15) is 162 Å². The molecule has 0 radical (unpaired) electrons. The van der Waals surface area contributed by atoms with Crippen LogP contribution in [0, 0.1) is 0 Å². The van der Waals surface area contributed by atoms with Crippen molar-refractivity contribution in [2.75, 3.05) is 41.0 Å². The summed E-state index contributed by atoms with van der Waals surface area (Å²) in [6.07, 6.45) is 56.0. The lowest BCUT2D eigenvalue weighted by Crippen LogP contribution is -2.50. The first kappa shape index (κ1) is 56.2. The number of rotatable bonds is 40. The van der Waals surface area contributed by atoms with Gasteiger partial charge in [0.1, 0.15) is 6.61 Å². The van der Waals surface area contributed by atoms with Gasteiger partial charge in [0, 0.05) is 19.3 Å². The van der Waals surface area contributed by atoms with Crippen molar-refractivity contribution >= 4 is 17.9 Å². The molecule has 0 saturated carbocycles. The van der Waals surface area contributed by atoms with Crippen LogP contribution in [-0.2, 0) is 28.6 Å². The van der Waals surface area contributed by atoms with Gasteiger partial charge in [-0.1, -0.05) is 169 Å². The monoisotopic (exact) mass is 837 g/mol. The van der Waals surface area contributed by atoms with Crippen LogP contribution >= 0.6 is 0 Å². The summed E-state index contributed by atoms with van der Waals surface area (Å²) in [5, 5.41) is 9.63. The summed E-state index contributed by atoms with van der Waals surface area (Å²) in [5.74, 6) is -1.54. The molecule has 2 unspecified atom stereocenters. The Morgan fingerprint density at radius 2 is 0.967 bits per heavy atom. The fourth-order valence-corrected chi connectivity index (χ4v) is 6.27. The van der Waals surface area contributed by atoms with E-state index in [4.69, 9.17) is 14.2 Å². The highest BCUT2D eigenvalue weighted by Gasteiger charge is 2.31. The van der Waals surface area contributed by atoms with E-state index >= 15 is 0 Å². The molecule has 0 bridgehead atoms. The fraction of sp³-hybridized carbons (Fsp3) is 0.635. The van der Waals surface area contributed by atoms with Crippen molar-refractivity contribution < 1.29 is 38.2 Å². The van der Waals surface area contributed by atoms with Crippen molar-refractivity contribution in [3.63, 3.8) is 0 Å². The summed E-state index contributed by atoms with van der Waals surface area (Å²) in [6, 6.07) is -0.627. The highest BCUT2D eigenvalue weighted by Crippen LogP contribution is 2.14. The van der Waals surface area contributed by atoms with E-state index in [0.29, 0.717) is 19.3 Å². The predicted molar refractivity (Wildman–Crippen MR) is 252 cm³/mol. The van der Waals surface area contributed by atoms with E-state index in [1.165, 1.54) is 44.9 Å². The highest BCUT2D eigenvalue weighted by molar-refractivity contribution is 5.72. The van der Waals surface area contributed by atoms with Crippen molar-refractivity contribution in [1.29, 1.82) is 0 Å². The molecule has 8 heteroatoms. The maximum absolute atomic E-state index is 12.8. The Labute approximate surface area is 366 Å². The van der Waals surface area contributed by atoms with Gasteiger partial charge in [-0.15, -0.1) is 0 Å². The van der Waals surface area contributed by atoms with Gasteiger partial charge in [-0.3, -0.25) is 9.59 Å². The van der Waals surface area contributed by atoms with Crippen LogP contribution in [0.25, 0.3) is 0 Å². The number of unbranched alkanes of at least 4 members (excludes halogenated alkanes) is 13. The van der Waals surface area contributed by atoms with Crippen molar-refractivity contribution in [3.05, 3.63) is 97.2 Å². The first-order valence-electron chi connectivity index (χ1n) is 23.3. The van der Waals surface area contributed by atoms with Gasteiger partial charge in [0.25, 0.3) is 0 Å². The van der Waals surface area contributed by atoms with E-state index in [0.717, 1.165) is 83.5 Å². The van der Waals surface area contributed by atoms with Crippen molar-refractivity contribution in [1.82, 2.24) is 0 Å². The molecular formula is C52H86NO7+. The summed E-state index contributed by atoms with van der Waals surface area (Å²) in [6.45, 7) is 4.42. The Morgan fingerprint density at radius 1 is 0.517 bits per heavy atom. The third-order valence-electron chi connectivity index (χ3n) is 9.82. The van der Waals surface area contributed by atoms with Crippen LogP contribution < -0.4 is 0 Å². The molecule has 0 fully saturated rings. The Balaban J connectivity index is 4.32. The summed E-state index contributed by atoms with van der Waals surface area (Å²) in [7, 11) is 5.50. The fourth-order valence-electron chi connectivity index (χ4n) is 6.27. The quantitative estimate of drug-likeness (QED) is 0.0216. The van der Waals surface area contributed by atoms with E-state index < -0.39 is 18.1 Å². The molecule has 8 nitrogen and oxygen atoms in total. The van der Waals surface area contributed by atoms with Gasteiger partial charge in [-0.2, -0.15) is 0 Å². The van der Waals surface area contributed by atoms with E-state index in [2.05, 4.69) is 74.6 Å². The number of allylic oxidation sites excluding steroid dienone is 16.